The Kier molecular flexibility index (Phi) is 4.41. The number of H-pyrrole nitrogens is 2. The van der Waals surface area contributed by atoms with Gasteiger partial charge in [-0.05, 0) is 17.7 Å². The minimum atomic E-state index is -4.72. The van der Waals surface area contributed by atoms with Gasteiger partial charge in [0.1, 0.15) is 5.75 Å². The Bertz CT molecular complexity index is 722. The monoisotopic (exact) mass is 318 g/mol. The molecule has 1 aromatic heterocycles. The van der Waals surface area contributed by atoms with Crippen LogP contribution in [-0.2, 0) is 5.75 Å². The van der Waals surface area contributed by atoms with Gasteiger partial charge in [0.25, 0.3) is 0 Å². The Morgan fingerprint density at radius 2 is 1.76 bits per heavy atom. The summed E-state index contributed by atoms with van der Waals surface area (Å²) in [6, 6.07) is 5.38. The molecule has 0 spiro atoms. The summed E-state index contributed by atoms with van der Waals surface area (Å²) in [5, 5.41) is 0.454. The number of nitrogens with one attached hydrogen (secondary N) is 2. The quantitative estimate of drug-likeness (QED) is 0.670. The Labute approximate surface area is 120 Å². The first-order valence-electron chi connectivity index (χ1n) is 5.63. The lowest BCUT2D eigenvalue weighted by Gasteiger charge is -2.09. The molecule has 21 heavy (non-hydrogen) atoms. The van der Waals surface area contributed by atoms with Crippen molar-refractivity contribution in [3.8, 4) is 5.75 Å². The number of rotatable bonds is 4. The number of aromatic amines is 2. The van der Waals surface area contributed by atoms with Crippen LogP contribution in [0.25, 0.3) is 0 Å². The number of ether oxygens (including phenoxy) is 1. The van der Waals surface area contributed by atoms with Crippen LogP contribution in [-0.4, -0.2) is 16.3 Å². The predicted molar refractivity (Wildman–Crippen MR) is 70.4 cm³/mol. The maximum absolute atomic E-state index is 12.0. The lowest BCUT2D eigenvalue weighted by molar-refractivity contribution is -0.274. The maximum Gasteiger partial charge on any atom is 0.573 e. The van der Waals surface area contributed by atoms with Crippen molar-refractivity contribution in [2.75, 3.05) is 0 Å². The first kappa shape index (κ1) is 15.2. The summed E-state index contributed by atoms with van der Waals surface area (Å²) < 4.78 is 39.7. The number of halogens is 3. The van der Waals surface area contributed by atoms with E-state index in [-0.39, 0.29) is 5.75 Å². The summed E-state index contributed by atoms with van der Waals surface area (Å²) in [5.41, 5.74) is -0.761. The summed E-state index contributed by atoms with van der Waals surface area (Å²) in [6.45, 7) is 0. The average molecular weight is 318 g/mol. The normalized spacial score (nSPS) is 11.4. The van der Waals surface area contributed by atoms with Crippen LogP contribution in [0.4, 0.5) is 13.2 Å². The van der Waals surface area contributed by atoms with E-state index in [0.29, 0.717) is 10.8 Å². The molecule has 0 amide bonds. The van der Waals surface area contributed by atoms with E-state index >= 15 is 0 Å². The highest BCUT2D eigenvalue weighted by Gasteiger charge is 2.30. The molecular formula is C12H9F3N2O3S. The molecular weight excluding hydrogens is 309 g/mol. The number of hydrogen-bond donors (Lipinski definition) is 2. The Morgan fingerprint density at radius 1 is 1.10 bits per heavy atom. The van der Waals surface area contributed by atoms with Gasteiger partial charge in [0.15, 0.2) is 0 Å². The van der Waals surface area contributed by atoms with Crippen LogP contribution >= 0.6 is 11.8 Å². The van der Waals surface area contributed by atoms with Crippen LogP contribution in [0.2, 0.25) is 0 Å². The molecule has 0 atom stereocenters. The molecule has 1 heterocycles. The number of thioether (sulfide) groups is 1. The van der Waals surface area contributed by atoms with Crippen molar-refractivity contribution in [3.05, 3.63) is 56.7 Å². The molecule has 0 aliphatic rings. The second-order valence-corrected chi connectivity index (χ2v) is 4.93. The molecule has 0 aliphatic carbocycles. The van der Waals surface area contributed by atoms with E-state index in [1.807, 2.05) is 0 Å². The fourth-order valence-corrected chi connectivity index (χ4v) is 2.25. The summed E-state index contributed by atoms with van der Waals surface area (Å²) in [6.07, 6.45) is -3.36. The van der Waals surface area contributed by atoms with Gasteiger partial charge in [-0.25, -0.2) is 0 Å². The predicted octanol–water partition coefficient (Wildman–Crippen LogP) is 2.25. The van der Waals surface area contributed by atoms with E-state index in [9.17, 15) is 22.8 Å². The van der Waals surface area contributed by atoms with Crippen LogP contribution in [0.15, 0.2) is 45.1 Å². The van der Waals surface area contributed by atoms with Crippen molar-refractivity contribution in [2.24, 2.45) is 0 Å². The molecule has 9 heteroatoms. The van der Waals surface area contributed by atoms with E-state index < -0.39 is 17.5 Å². The molecule has 2 rings (SSSR count). The fourth-order valence-electron chi connectivity index (χ4n) is 1.43. The molecule has 1 aromatic carbocycles. The lowest BCUT2D eigenvalue weighted by Crippen LogP contribution is -2.28. The van der Waals surface area contributed by atoms with Crippen LogP contribution in [0.3, 0.4) is 0 Å². The highest BCUT2D eigenvalue weighted by molar-refractivity contribution is 7.98. The third kappa shape index (κ3) is 4.71. The van der Waals surface area contributed by atoms with Gasteiger partial charge in [0.2, 0.25) is 0 Å². The van der Waals surface area contributed by atoms with Crippen molar-refractivity contribution in [3.63, 3.8) is 0 Å². The van der Waals surface area contributed by atoms with Crippen molar-refractivity contribution in [1.82, 2.24) is 9.97 Å². The van der Waals surface area contributed by atoms with Crippen LogP contribution in [0.5, 0.6) is 5.75 Å². The summed E-state index contributed by atoms with van der Waals surface area (Å²) >= 11 is 1.23. The van der Waals surface area contributed by atoms with Crippen molar-refractivity contribution in [2.45, 2.75) is 17.1 Å². The molecule has 0 unspecified atom stereocenters. The minimum Gasteiger partial charge on any atom is -0.406 e. The van der Waals surface area contributed by atoms with Crippen LogP contribution in [0, 0.1) is 0 Å². The minimum absolute atomic E-state index is 0.298. The van der Waals surface area contributed by atoms with Gasteiger partial charge < -0.3 is 14.7 Å². The number of alkyl halides is 3. The van der Waals surface area contributed by atoms with E-state index in [0.717, 1.165) is 5.56 Å². The first-order valence-corrected chi connectivity index (χ1v) is 6.61. The maximum atomic E-state index is 12.0. The zero-order valence-corrected chi connectivity index (χ0v) is 11.2. The summed E-state index contributed by atoms with van der Waals surface area (Å²) in [4.78, 5) is 26.6. The molecule has 2 aromatic rings. The van der Waals surface area contributed by atoms with E-state index in [4.69, 9.17) is 0 Å². The van der Waals surface area contributed by atoms with E-state index in [2.05, 4.69) is 14.7 Å². The molecule has 0 saturated heterocycles. The SMILES string of the molecule is O=c1[nH]cc(SCc2ccc(OC(F)(F)F)cc2)[nH]c1=O. The van der Waals surface area contributed by atoms with Crippen molar-refractivity contribution >= 4 is 11.8 Å². The van der Waals surface area contributed by atoms with Gasteiger partial charge >= 0.3 is 17.5 Å². The van der Waals surface area contributed by atoms with Crippen LogP contribution in [0.1, 0.15) is 5.56 Å². The van der Waals surface area contributed by atoms with Crippen LogP contribution < -0.4 is 15.9 Å². The first-order chi connectivity index (χ1) is 9.83. The van der Waals surface area contributed by atoms with Gasteiger partial charge in [-0.2, -0.15) is 0 Å². The van der Waals surface area contributed by atoms with Gasteiger partial charge in [-0.3, -0.25) is 9.59 Å². The Hall–Kier alpha value is -2.16. The Balaban J connectivity index is 1.99. The average Bonchev–Trinajstić information content (AvgIpc) is 2.40. The third-order valence-corrected chi connectivity index (χ3v) is 3.34. The molecule has 2 N–H and O–H groups in total. The topological polar surface area (TPSA) is 75.0 Å². The van der Waals surface area contributed by atoms with Gasteiger partial charge in [0, 0.05) is 11.9 Å². The lowest BCUT2D eigenvalue weighted by atomic mass is 10.2. The number of aromatic nitrogens is 2. The standard InChI is InChI=1S/C12H9F3N2O3S/c13-12(14,15)20-8-3-1-7(2-4-8)6-21-9-5-16-10(18)11(19)17-9/h1-5H,6H2,(H,16,18)(H,17,19). The molecule has 0 aliphatic heterocycles. The molecule has 0 bridgehead atoms. The van der Waals surface area contributed by atoms with Crippen molar-refractivity contribution < 1.29 is 17.9 Å². The summed E-state index contributed by atoms with van der Waals surface area (Å²) in [5.74, 6) is 0.113. The highest BCUT2D eigenvalue weighted by atomic mass is 32.2. The molecule has 5 nitrogen and oxygen atoms in total. The third-order valence-electron chi connectivity index (χ3n) is 2.33. The Morgan fingerprint density at radius 3 is 2.33 bits per heavy atom. The van der Waals surface area contributed by atoms with Gasteiger partial charge in [-0.15, -0.1) is 24.9 Å². The molecule has 0 radical (unpaired) electrons. The van der Waals surface area contributed by atoms with E-state index in [1.54, 1.807) is 0 Å². The molecule has 112 valence electrons. The second kappa shape index (κ2) is 6.08. The van der Waals surface area contributed by atoms with Gasteiger partial charge in [0.05, 0.1) is 5.03 Å². The zero-order chi connectivity index (χ0) is 15.5. The molecule has 0 fully saturated rings. The second-order valence-electron chi connectivity index (χ2n) is 3.92. The van der Waals surface area contributed by atoms with Crippen molar-refractivity contribution in [1.29, 1.82) is 0 Å². The highest BCUT2D eigenvalue weighted by Crippen LogP contribution is 2.25. The molecule has 0 saturated carbocycles. The zero-order valence-electron chi connectivity index (χ0n) is 10.4. The largest absolute Gasteiger partial charge is 0.573 e. The fraction of sp³-hybridized carbons (Fsp3) is 0.167. The number of hydrogen-bond acceptors (Lipinski definition) is 4. The van der Waals surface area contributed by atoms with E-state index in [1.165, 1.54) is 42.2 Å². The number of benzene rings is 1. The summed E-state index contributed by atoms with van der Waals surface area (Å²) in [7, 11) is 0. The van der Waals surface area contributed by atoms with Gasteiger partial charge in [-0.1, -0.05) is 12.1 Å². The smallest absolute Gasteiger partial charge is 0.406 e.